The average Bonchev–Trinajstić information content (AvgIpc) is 2.30. The van der Waals surface area contributed by atoms with Crippen molar-refractivity contribution in [3.63, 3.8) is 0 Å². The third kappa shape index (κ3) is 4.27. The van der Waals surface area contributed by atoms with Crippen LogP contribution in [0.25, 0.3) is 0 Å². The molecule has 0 aliphatic rings. The zero-order valence-corrected chi connectivity index (χ0v) is 12.3. The lowest BCUT2D eigenvalue weighted by atomic mass is 10.1. The smallest absolute Gasteiger partial charge is 0.252 e. The fourth-order valence-corrected chi connectivity index (χ4v) is 2.11. The van der Waals surface area contributed by atoms with Gasteiger partial charge in [0.05, 0.1) is 5.56 Å². The van der Waals surface area contributed by atoms with Gasteiger partial charge in [-0.1, -0.05) is 19.1 Å². The summed E-state index contributed by atoms with van der Waals surface area (Å²) >= 11 is 2.19. The quantitative estimate of drug-likeness (QED) is 0.804. The number of rotatable bonds is 5. The molecule has 0 saturated heterocycles. The Morgan fingerprint density at radius 3 is 2.88 bits per heavy atom. The summed E-state index contributed by atoms with van der Waals surface area (Å²) in [6, 6.07) is 5.72. The highest BCUT2D eigenvalue weighted by molar-refractivity contribution is 14.1. The van der Waals surface area contributed by atoms with Crippen molar-refractivity contribution in [2.24, 2.45) is 5.92 Å². The largest absolute Gasteiger partial charge is 0.396 e. The van der Waals surface area contributed by atoms with Crippen LogP contribution in [0.4, 0.5) is 0 Å². The Morgan fingerprint density at radius 1 is 1.53 bits per heavy atom. The van der Waals surface area contributed by atoms with Crippen molar-refractivity contribution in [1.82, 2.24) is 5.32 Å². The summed E-state index contributed by atoms with van der Waals surface area (Å²) in [6.07, 6.45) is 0.713. The second-order valence-electron chi connectivity index (χ2n) is 4.26. The first-order valence-electron chi connectivity index (χ1n) is 5.70. The lowest BCUT2D eigenvalue weighted by Gasteiger charge is -2.12. The molecule has 17 heavy (non-hydrogen) atoms. The molecule has 1 amide bonds. The Kier molecular flexibility index (Phi) is 5.91. The van der Waals surface area contributed by atoms with E-state index < -0.39 is 0 Å². The van der Waals surface area contributed by atoms with E-state index in [0.29, 0.717) is 18.9 Å². The molecule has 1 rings (SSSR count). The third-order valence-corrected chi connectivity index (χ3v) is 4.10. The number of aliphatic hydroxyl groups excluding tert-OH is 1. The number of amides is 1. The zero-order valence-electron chi connectivity index (χ0n) is 10.2. The van der Waals surface area contributed by atoms with E-state index >= 15 is 0 Å². The molecule has 0 radical (unpaired) electrons. The predicted molar refractivity (Wildman–Crippen MR) is 77.1 cm³/mol. The van der Waals surface area contributed by atoms with Crippen LogP contribution in [0, 0.1) is 16.4 Å². The lowest BCUT2D eigenvalue weighted by molar-refractivity contribution is 0.0944. The summed E-state index contributed by atoms with van der Waals surface area (Å²) in [6.45, 7) is 4.77. The topological polar surface area (TPSA) is 49.3 Å². The Balaban J connectivity index is 2.61. The van der Waals surface area contributed by atoms with E-state index in [1.54, 1.807) is 0 Å². The van der Waals surface area contributed by atoms with Crippen molar-refractivity contribution in [2.45, 2.75) is 20.3 Å². The van der Waals surface area contributed by atoms with Gasteiger partial charge in [0.2, 0.25) is 0 Å². The summed E-state index contributed by atoms with van der Waals surface area (Å²) in [4.78, 5) is 11.9. The molecular weight excluding hydrogens is 329 g/mol. The Bertz CT molecular complexity index is 393. The second kappa shape index (κ2) is 6.96. The van der Waals surface area contributed by atoms with Gasteiger partial charge in [-0.25, -0.2) is 0 Å². The van der Waals surface area contributed by atoms with Crippen molar-refractivity contribution in [2.75, 3.05) is 13.2 Å². The van der Waals surface area contributed by atoms with Gasteiger partial charge in [-0.3, -0.25) is 4.79 Å². The standard InChI is InChI=1S/C13H18INO2/c1-9(6-7-16)8-15-13(17)11-5-3-4-10(2)12(11)14/h3-5,9,16H,6-8H2,1-2H3,(H,15,17)/t9-/m1/s1. The highest BCUT2D eigenvalue weighted by atomic mass is 127. The minimum atomic E-state index is -0.0390. The first kappa shape index (κ1) is 14.4. The van der Waals surface area contributed by atoms with E-state index in [0.717, 1.165) is 14.7 Å². The normalized spacial score (nSPS) is 12.2. The minimum Gasteiger partial charge on any atom is -0.396 e. The van der Waals surface area contributed by atoms with Gasteiger partial charge in [0.15, 0.2) is 0 Å². The van der Waals surface area contributed by atoms with Gasteiger partial charge in [0.25, 0.3) is 5.91 Å². The van der Waals surface area contributed by atoms with Crippen LogP contribution in [-0.2, 0) is 0 Å². The number of aryl methyl sites for hydroxylation is 1. The molecule has 94 valence electrons. The summed E-state index contributed by atoms with van der Waals surface area (Å²) in [7, 11) is 0. The van der Waals surface area contributed by atoms with Crippen molar-refractivity contribution in [1.29, 1.82) is 0 Å². The van der Waals surface area contributed by atoms with Gasteiger partial charge in [-0.15, -0.1) is 0 Å². The van der Waals surface area contributed by atoms with Crippen molar-refractivity contribution >= 4 is 28.5 Å². The molecule has 0 spiro atoms. The molecule has 2 N–H and O–H groups in total. The summed E-state index contributed by atoms with van der Waals surface area (Å²) in [5, 5.41) is 11.7. The first-order chi connectivity index (χ1) is 8.06. The lowest BCUT2D eigenvalue weighted by Crippen LogP contribution is -2.29. The zero-order chi connectivity index (χ0) is 12.8. The highest BCUT2D eigenvalue weighted by Crippen LogP contribution is 2.16. The number of nitrogens with one attached hydrogen (secondary N) is 1. The molecule has 0 aliphatic carbocycles. The summed E-state index contributed by atoms with van der Waals surface area (Å²) in [5.74, 6) is 0.259. The number of hydrogen-bond donors (Lipinski definition) is 2. The Labute approximate surface area is 116 Å². The SMILES string of the molecule is Cc1cccc(C(=O)NC[C@H](C)CCO)c1I. The fourth-order valence-electron chi connectivity index (χ4n) is 1.51. The molecule has 0 heterocycles. The van der Waals surface area contributed by atoms with Gasteiger partial charge in [0.1, 0.15) is 0 Å². The molecule has 3 nitrogen and oxygen atoms in total. The van der Waals surface area contributed by atoms with Gasteiger partial charge >= 0.3 is 0 Å². The summed E-state index contributed by atoms with van der Waals surface area (Å²) in [5.41, 5.74) is 1.84. The molecular formula is C13H18INO2. The van der Waals surface area contributed by atoms with E-state index in [1.165, 1.54) is 0 Å². The van der Waals surface area contributed by atoms with Gasteiger partial charge in [-0.05, 0) is 53.5 Å². The van der Waals surface area contributed by atoms with E-state index in [1.807, 2.05) is 32.0 Å². The van der Waals surface area contributed by atoms with Crippen LogP contribution in [0.15, 0.2) is 18.2 Å². The van der Waals surface area contributed by atoms with Crippen LogP contribution in [0.1, 0.15) is 29.3 Å². The van der Waals surface area contributed by atoms with Crippen molar-refractivity contribution in [3.05, 3.63) is 32.9 Å². The molecule has 1 aromatic carbocycles. The van der Waals surface area contributed by atoms with E-state index in [9.17, 15) is 4.79 Å². The van der Waals surface area contributed by atoms with Crippen LogP contribution in [0.2, 0.25) is 0 Å². The van der Waals surface area contributed by atoms with Crippen LogP contribution in [0.5, 0.6) is 0 Å². The Morgan fingerprint density at radius 2 is 2.24 bits per heavy atom. The van der Waals surface area contributed by atoms with Gasteiger partial charge in [0, 0.05) is 16.7 Å². The number of carbonyl (C=O) groups is 1. The molecule has 0 aromatic heterocycles. The van der Waals surface area contributed by atoms with Crippen molar-refractivity contribution in [3.8, 4) is 0 Å². The van der Waals surface area contributed by atoms with E-state index in [2.05, 4.69) is 27.9 Å². The monoisotopic (exact) mass is 347 g/mol. The minimum absolute atomic E-state index is 0.0390. The van der Waals surface area contributed by atoms with E-state index in [-0.39, 0.29) is 12.5 Å². The van der Waals surface area contributed by atoms with Crippen LogP contribution in [0.3, 0.4) is 0 Å². The van der Waals surface area contributed by atoms with Crippen LogP contribution < -0.4 is 5.32 Å². The van der Waals surface area contributed by atoms with Crippen LogP contribution in [-0.4, -0.2) is 24.2 Å². The Hall–Kier alpha value is -0.620. The number of carbonyl (C=O) groups excluding carboxylic acids is 1. The average molecular weight is 347 g/mol. The molecule has 1 atom stereocenters. The van der Waals surface area contributed by atoms with Crippen LogP contribution >= 0.6 is 22.6 Å². The number of halogens is 1. The highest BCUT2D eigenvalue weighted by Gasteiger charge is 2.11. The summed E-state index contributed by atoms with van der Waals surface area (Å²) < 4.78 is 0.998. The van der Waals surface area contributed by atoms with Gasteiger partial charge in [-0.2, -0.15) is 0 Å². The second-order valence-corrected chi connectivity index (χ2v) is 5.34. The maximum absolute atomic E-state index is 11.9. The molecule has 0 bridgehead atoms. The molecule has 1 aromatic rings. The maximum Gasteiger partial charge on any atom is 0.252 e. The molecule has 0 aliphatic heterocycles. The molecule has 0 unspecified atom stereocenters. The maximum atomic E-state index is 11.9. The predicted octanol–water partition coefficient (Wildman–Crippen LogP) is 2.35. The number of aliphatic hydroxyl groups is 1. The number of benzene rings is 1. The molecule has 0 saturated carbocycles. The molecule has 4 heteroatoms. The van der Waals surface area contributed by atoms with Gasteiger partial charge < -0.3 is 10.4 Å². The number of hydrogen-bond acceptors (Lipinski definition) is 2. The molecule has 0 fully saturated rings. The van der Waals surface area contributed by atoms with E-state index in [4.69, 9.17) is 5.11 Å². The third-order valence-electron chi connectivity index (χ3n) is 2.67. The first-order valence-corrected chi connectivity index (χ1v) is 6.78. The van der Waals surface area contributed by atoms with Crippen molar-refractivity contribution < 1.29 is 9.90 Å². The fraction of sp³-hybridized carbons (Fsp3) is 0.462.